The molecule has 1 aliphatic heterocycles. The van der Waals surface area contributed by atoms with Crippen molar-refractivity contribution in [2.24, 2.45) is 5.92 Å². The van der Waals surface area contributed by atoms with Crippen LogP contribution < -0.4 is 15.4 Å². The molecule has 0 spiro atoms. The van der Waals surface area contributed by atoms with Crippen molar-refractivity contribution in [1.29, 1.82) is 5.41 Å². The monoisotopic (exact) mass is 467 g/mol. The summed E-state index contributed by atoms with van der Waals surface area (Å²) in [7, 11) is 0. The van der Waals surface area contributed by atoms with Crippen LogP contribution in [0.4, 0.5) is 28.9 Å². The molecule has 1 aliphatic rings. The molecule has 3 N–H and O–H groups in total. The van der Waals surface area contributed by atoms with Gasteiger partial charge in [0.1, 0.15) is 5.75 Å². The molecule has 0 bridgehead atoms. The molecule has 1 heterocycles. The number of hydrogen-bond acceptors (Lipinski definition) is 5. The van der Waals surface area contributed by atoms with Crippen molar-refractivity contribution in [2.45, 2.75) is 39.6 Å². The first kappa shape index (κ1) is 24.2. The molecule has 0 radical (unpaired) electrons. The van der Waals surface area contributed by atoms with E-state index in [1.54, 1.807) is 0 Å². The molecular formula is C22H21F4N3O4. The number of nitrogens with one attached hydrogen (secondary N) is 3. The number of carbonyl (C=O) groups is 2. The van der Waals surface area contributed by atoms with Gasteiger partial charge >= 0.3 is 6.61 Å². The second-order valence-electron chi connectivity index (χ2n) is 7.54. The van der Waals surface area contributed by atoms with Crippen LogP contribution in [0.15, 0.2) is 36.4 Å². The summed E-state index contributed by atoms with van der Waals surface area (Å²) in [6, 6.07) is 7.43. The van der Waals surface area contributed by atoms with Crippen molar-refractivity contribution in [3.05, 3.63) is 53.1 Å². The maximum absolute atomic E-state index is 13.9. The summed E-state index contributed by atoms with van der Waals surface area (Å²) in [6.45, 7) is -0.800. The van der Waals surface area contributed by atoms with Gasteiger partial charge < -0.3 is 25.5 Å². The second kappa shape index (κ2) is 9.57. The summed E-state index contributed by atoms with van der Waals surface area (Å²) in [4.78, 5) is 25.6. The number of fused-ring (bicyclic) bond motifs is 1. The molecule has 0 saturated carbocycles. The van der Waals surface area contributed by atoms with Gasteiger partial charge in [-0.15, -0.1) is 0 Å². The fraction of sp³-hybridized carbons (Fsp3) is 0.318. The summed E-state index contributed by atoms with van der Waals surface area (Å²) < 4.78 is 61.8. The van der Waals surface area contributed by atoms with Crippen LogP contribution in [-0.2, 0) is 33.5 Å². The van der Waals surface area contributed by atoms with Gasteiger partial charge in [-0.25, -0.2) is 8.78 Å². The molecule has 2 aromatic rings. The van der Waals surface area contributed by atoms with E-state index in [0.717, 1.165) is 13.0 Å². The quantitative estimate of drug-likeness (QED) is 0.299. The van der Waals surface area contributed by atoms with Crippen molar-refractivity contribution < 1.29 is 36.6 Å². The normalized spacial score (nSPS) is 13.9. The van der Waals surface area contributed by atoms with E-state index in [-0.39, 0.29) is 41.6 Å². The minimum atomic E-state index is -3.16. The summed E-state index contributed by atoms with van der Waals surface area (Å²) in [5, 5.41) is 12.8. The third-order valence-corrected chi connectivity index (χ3v) is 4.92. The van der Waals surface area contributed by atoms with Gasteiger partial charge in [-0.05, 0) is 48.9 Å². The van der Waals surface area contributed by atoms with E-state index in [4.69, 9.17) is 10.1 Å². The van der Waals surface area contributed by atoms with Gasteiger partial charge in [-0.2, -0.15) is 8.78 Å². The Labute approximate surface area is 186 Å². The van der Waals surface area contributed by atoms with Gasteiger partial charge in [0.2, 0.25) is 11.8 Å². The van der Waals surface area contributed by atoms with E-state index < -0.39 is 30.3 Å². The zero-order valence-corrected chi connectivity index (χ0v) is 17.7. The lowest BCUT2D eigenvalue weighted by Gasteiger charge is -2.19. The molecule has 11 heteroatoms. The van der Waals surface area contributed by atoms with E-state index in [0.29, 0.717) is 11.1 Å². The summed E-state index contributed by atoms with van der Waals surface area (Å²) in [5.74, 6) is -6.59. The molecule has 2 amide bonds. The van der Waals surface area contributed by atoms with Crippen LogP contribution in [0.25, 0.3) is 0 Å². The summed E-state index contributed by atoms with van der Waals surface area (Å²) >= 11 is 0. The first-order valence-electron chi connectivity index (χ1n) is 9.79. The second-order valence-corrected chi connectivity index (χ2v) is 7.54. The summed E-state index contributed by atoms with van der Waals surface area (Å²) in [5.41, 5.74) is 0.686. The highest BCUT2D eigenvalue weighted by Gasteiger charge is 2.32. The van der Waals surface area contributed by atoms with Crippen LogP contribution >= 0.6 is 0 Å². The fourth-order valence-electron chi connectivity index (χ4n) is 3.31. The van der Waals surface area contributed by atoms with Gasteiger partial charge in [0.25, 0.3) is 5.92 Å². The zero-order valence-electron chi connectivity index (χ0n) is 17.7. The highest BCUT2D eigenvalue weighted by molar-refractivity contribution is 6.24. The van der Waals surface area contributed by atoms with Crippen LogP contribution in [-0.4, -0.2) is 24.1 Å². The van der Waals surface area contributed by atoms with E-state index >= 15 is 0 Å². The van der Waals surface area contributed by atoms with Crippen LogP contribution in [0.3, 0.4) is 0 Å². The van der Waals surface area contributed by atoms with E-state index in [1.165, 1.54) is 37.3 Å². The topological polar surface area (TPSA) is 101 Å². The first-order chi connectivity index (χ1) is 15.5. The molecule has 176 valence electrons. The lowest BCUT2D eigenvalue weighted by Crippen LogP contribution is -2.38. The number of anilines is 2. The number of halogens is 4. The predicted molar refractivity (Wildman–Crippen MR) is 112 cm³/mol. The standard InChI is InChI=1S/C22H21F4N3O4/c1-11(27)18(19(30)28-14-3-5-15(6-4-14)33-21(23)24)20(31)29-17-8-13(22(2,25)26)7-12-9-32-10-16(12)17/h3-8,18,21,27H,9-10H2,1-2H3,(H,28,30)(H,29,31). The third-order valence-electron chi connectivity index (χ3n) is 4.92. The average molecular weight is 467 g/mol. The van der Waals surface area contributed by atoms with Gasteiger partial charge in [-0.3, -0.25) is 9.59 Å². The Morgan fingerprint density at radius 3 is 2.30 bits per heavy atom. The Morgan fingerprint density at radius 2 is 1.73 bits per heavy atom. The fourth-order valence-corrected chi connectivity index (χ4v) is 3.31. The Balaban J connectivity index is 1.79. The molecule has 0 saturated heterocycles. The Kier molecular flexibility index (Phi) is 7.01. The molecule has 1 atom stereocenters. The molecule has 1 unspecified atom stereocenters. The molecular weight excluding hydrogens is 446 g/mol. The highest BCUT2D eigenvalue weighted by atomic mass is 19.3. The number of rotatable bonds is 8. The number of hydrogen-bond donors (Lipinski definition) is 3. The zero-order chi connectivity index (χ0) is 24.3. The molecule has 2 aromatic carbocycles. The van der Waals surface area contributed by atoms with Gasteiger partial charge in [0, 0.05) is 35.1 Å². The number of carbonyl (C=O) groups excluding carboxylic acids is 2. The van der Waals surface area contributed by atoms with Crippen LogP contribution in [0, 0.1) is 11.3 Å². The Hall–Kier alpha value is -3.47. The van der Waals surface area contributed by atoms with Gasteiger partial charge in [-0.1, -0.05) is 0 Å². The van der Waals surface area contributed by atoms with Crippen molar-refractivity contribution in [1.82, 2.24) is 0 Å². The molecule has 7 nitrogen and oxygen atoms in total. The molecule has 0 aliphatic carbocycles. The minimum Gasteiger partial charge on any atom is -0.435 e. The smallest absolute Gasteiger partial charge is 0.387 e. The number of benzene rings is 2. The largest absolute Gasteiger partial charge is 0.435 e. The van der Waals surface area contributed by atoms with Crippen molar-refractivity contribution in [3.8, 4) is 5.75 Å². The molecule has 3 rings (SSSR count). The highest BCUT2D eigenvalue weighted by Crippen LogP contribution is 2.36. The van der Waals surface area contributed by atoms with Gasteiger partial charge in [0.05, 0.1) is 13.2 Å². The predicted octanol–water partition coefficient (Wildman–Crippen LogP) is 4.66. The maximum atomic E-state index is 13.9. The Morgan fingerprint density at radius 1 is 1.09 bits per heavy atom. The van der Waals surface area contributed by atoms with Crippen LogP contribution in [0.1, 0.15) is 30.5 Å². The van der Waals surface area contributed by atoms with Crippen LogP contribution in [0.5, 0.6) is 5.75 Å². The number of ether oxygens (including phenoxy) is 2. The van der Waals surface area contributed by atoms with Crippen molar-refractivity contribution >= 4 is 28.9 Å². The SMILES string of the molecule is CC(=N)C(C(=O)Nc1ccc(OC(F)F)cc1)C(=O)Nc1cc(C(C)(F)F)cc2c1COC2. The lowest BCUT2D eigenvalue weighted by atomic mass is 9.98. The van der Waals surface area contributed by atoms with Crippen molar-refractivity contribution in [2.75, 3.05) is 10.6 Å². The lowest BCUT2D eigenvalue weighted by molar-refractivity contribution is -0.126. The van der Waals surface area contributed by atoms with E-state index in [2.05, 4.69) is 15.4 Å². The molecule has 33 heavy (non-hydrogen) atoms. The average Bonchev–Trinajstić information content (AvgIpc) is 3.17. The van der Waals surface area contributed by atoms with E-state index in [9.17, 15) is 27.2 Å². The van der Waals surface area contributed by atoms with Gasteiger partial charge in [0.15, 0.2) is 5.92 Å². The number of alkyl halides is 4. The minimum absolute atomic E-state index is 0.0825. The van der Waals surface area contributed by atoms with Crippen LogP contribution in [0.2, 0.25) is 0 Å². The summed E-state index contributed by atoms with van der Waals surface area (Å²) in [6.07, 6.45) is 0. The molecule has 0 aromatic heterocycles. The Bertz CT molecular complexity index is 1070. The third kappa shape index (κ3) is 5.86. The first-order valence-corrected chi connectivity index (χ1v) is 9.79. The van der Waals surface area contributed by atoms with Crippen molar-refractivity contribution in [3.63, 3.8) is 0 Å². The maximum Gasteiger partial charge on any atom is 0.387 e. The number of amides is 2. The molecule has 0 fully saturated rings. The van der Waals surface area contributed by atoms with E-state index in [1.807, 2.05) is 0 Å².